The maximum absolute atomic E-state index is 11.9. The summed E-state index contributed by atoms with van der Waals surface area (Å²) in [4.78, 5) is 11.9. The molecule has 106 valence electrons. The SMILES string of the molecule is CCNC(=O)/C(C#N)=C(/CC)c1ccc(C(C)C)cc1. The summed E-state index contributed by atoms with van der Waals surface area (Å²) in [6.45, 7) is 8.60. The van der Waals surface area contributed by atoms with Crippen LogP contribution < -0.4 is 5.32 Å². The van der Waals surface area contributed by atoms with Gasteiger partial charge in [-0.2, -0.15) is 5.26 Å². The standard InChI is InChI=1S/C17H22N2O/c1-5-15(16(11-18)17(20)19-6-2)14-9-7-13(8-10-14)12(3)4/h7-10,12H,5-6H2,1-4H3,(H,19,20)/b16-15-. The molecule has 0 radical (unpaired) electrons. The molecule has 3 nitrogen and oxygen atoms in total. The minimum absolute atomic E-state index is 0.214. The Morgan fingerprint density at radius 2 is 1.85 bits per heavy atom. The van der Waals surface area contributed by atoms with Crippen molar-refractivity contribution in [3.8, 4) is 6.07 Å². The molecule has 1 aromatic carbocycles. The Balaban J connectivity index is 3.22. The monoisotopic (exact) mass is 270 g/mol. The van der Waals surface area contributed by atoms with Gasteiger partial charge < -0.3 is 5.32 Å². The summed E-state index contributed by atoms with van der Waals surface area (Å²) >= 11 is 0. The summed E-state index contributed by atoms with van der Waals surface area (Å²) in [5.41, 5.74) is 3.21. The third kappa shape index (κ3) is 3.71. The largest absolute Gasteiger partial charge is 0.352 e. The molecule has 0 saturated carbocycles. The van der Waals surface area contributed by atoms with Crippen LogP contribution in [0.1, 0.15) is 51.2 Å². The Labute approximate surface area is 121 Å². The highest BCUT2D eigenvalue weighted by Gasteiger charge is 2.15. The zero-order valence-corrected chi connectivity index (χ0v) is 12.7. The van der Waals surface area contributed by atoms with Gasteiger partial charge in [-0.3, -0.25) is 4.79 Å². The van der Waals surface area contributed by atoms with E-state index in [9.17, 15) is 10.1 Å². The van der Waals surface area contributed by atoms with Crippen LogP contribution in [-0.2, 0) is 4.79 Å². The van der Waals surface area contributed by atoms with E-state index in [0.717, 1.165) is 11.1 Å². The molecule has 0 aliphatic heterocycles. The molecule has 0 fully saturated rings. The number of hydrogen-bond donors (Lipinski definition) is 1. The van der Waals surface area contributed by atoms with E-state index in [-0.39, 0.29) is 11.5 Å². The maximum atomic E-state index is 11.9. The van der Waals surface area contributed by atoms with Crippen LogP contribution in [0, 0.1) is 11.3 Å². The lowest BCUT2D eigenvalue weighted by atomic mass is 9.94. The molecule has 1 aromatic rings. The molecule has 0 unspecified atom stereocenters. The van der Waals surface area contributed by atoms with E-state index < -0.39 is 0 Å². The number of allylic oxidation sites excluding steroid dienone is 1. The number of amides is 1. The number of rotatable bonds is 5. The van der Waals surface area contributed by atoms with Gasteiger partial charge in [-0.1, -0.05) is 45.0 Å². The molecule has 1 amide bonds. The van der Waals surface area contributed by atoms with Gasteiger partial charge in [0, 0.05) is 6.54 Å². The fourth-order valence-corrected chi connectivity index (χ4v) is 2.10. The van der Waals surface area contributed by atoms with Crippen LogP contribution in [0.5, 0.6) is 0 Å². The van der Waals surface area contributed by atoms with Gasteiger partial charge in [-0.15, -0.1) is 0 Å². The van der Waals surface area contributed by atoms with Crippen LogP contribution in [0.25, 0.3) is 5.57 Å². The average Bonchev–Trinajstić information content (AvgIpc) is 2.44. The molecule has 0 aliphatic rings. The summed E-state index contributed by atoms with van der Waals surface area (Å²) in [6, 6.07) is 10.1. The van der Waals surface area contributed by atoms with Gasteiger partial charge in [0.05, 0.1) is 0 Å². The Morgan fingerprint density at radius 3 is 2.25 bits per heavy atom. The first kappa shape index (κ1) is 16.0. The molecule has 0 bridgehead atoms. The minimum Gasteiger partial charge on any atom is -0.352 e. The molecule has 20 heavy (non-hydrogen) atoms. The molecule has 0 atom stereocenters. The first-order valence-corrected chi connectivity index (χ1v) is 7.06. The summed E-state index contributed by atoms with van der Waals surface area (Å²) < 4.78 is 0. The van der Waals surface area contributed by atoms with Crippen molar-refractivity contribution in [3.05, 3.63) is 41.0 Å². The number of benzene rings is 1. The van der Waals surface area contributed by atoms with Gasteiger partial charge in [-0.05, 0) is 36.0 Å². The van der Waals surface area contributed by atoms with E-state index in [4.69, 9.17) is 0 Å². The molecule has 1 N–H and O–H groups in total. The fraction of sp³-hybridized carbons (Fsp3) is 0.412. The zero-order chi connectivity index (χ0) is 15.1. The van der Waals surface area contributed by atoms with Crippen molar-refractivity contribution in [2.24, 2.45) is 0 Å². The number of hydrogen-bond acceptors (Lipinski definition) is 2. The number of nitriles is 1. The normalized spacial score (nSPS) is 11.8. The number of likely N-dealkylation sites (N-methyl/N-ethyl adjacent to an activating group) is 1. The quantitative estimate of drug-likeness (QED) is 0.656. The van der Waals surface area contributed by atoms with Crippen LogP contribution >= 0.6 is 0 Å². The molecular formula is C17H22N2O. The first-order valence-electron chi connectivity index (χ1n) is 7.06. The van der Waals surface area contributed by atoms with E-state index in [1.54, 1.807) is 0 Å². The van der Waals surface area contributed by atoms with Crippen molar-refractivity contribution in [1.82, 2.24) is 5.32 Å². The van der Waals surface area contributed by atoms with Crippen molar-refractivity contribution in [2.45, 2.75) is 40.0 Å². The van der Waals surface area contributed by atoms with E-state index in [1.807, 2.05) is 32.0 Å². The molecule has 0 aromatic heterocycles. The Morgan fingerprint density at radius 1 is 1.25 bits per heavy atom. The van der Waals surface area contributed by atoms with Crippen LogP contribution in [0.3, 0.4) is 0 Å². The molecule has 0 spiro atoms. The van der Waals surface area contributed by atoms with Crippen LogP contribution in [0.4, 0.5) is 0 Å². The van der Waals surface area contributed by atoms with Crippen molar-refractivity contribution in [2.75, 3.05) is 6.54 Å². The van der Waals surface area contributed by atoms with Gasteiger partial charge in [0.1, 0.15) is 11.6 Å². The summed E-state index contributed by atoms with van der Waals surface area (Å²) in [6.07, 6.45) is 0.654. The fourth-order valence-electron chi connectivity index (χ4n) is 2.10. The minimum atomic E-state index is -0.292. The molecule has 0 aliphatic carbocycles. The predicted octanol–water partition coefficient (Wildman–Crippen LogP) is 3.63. The highest BCUT2D eigenvalue weighted by Crippen LogP contribution is 2.24. The molecule has 3 heteroatoms. The Bertz CT molecular complexity index is 533. The van der Waals surface area contributed by atoms with Crippen molar-refractivity contribution in [3.63, 3.8) is 0 Å². The van der Waals surface area contributed by atoms with Gasteiger partial charge in [-0.25, -0.2) is 0 Å². The highest BCUT2D eigenvalue weighted by atomic mass is 16.1. The number of carbonyl (C=O) groups excluding carboxylic acids is 1. The van der Waals surface area contributed by atoms with Gasteiger partial charge >= 0.3 is 0 Å². The molecule has 0 saturated heterocycles. The number of nitrogens with zero attached hydrogens (tertiary/aromatic N) is 1. The smallest absolute Gasteiger partial charge is 0.262 e. The Kier molecular flexibility index (Phi) is 5.99. The van der Waals surface area contributed by atoms with Crippen LogP contribution in [0.2, 0.25) is 0 Å². The lowest BCUT2D eigenvalue weighted by molar-refractivity contribution is -0.116. The third-order valence-corrected chi connectivity index (χ3v) is 3.26. The second-order valence-corrected chi connectivity index (χ2v) is 4.96. The van der Waals surface area contributed by atoms with Crippen molar-refractivity contribution in [1.29, 1.82) is 5.26 Å². The van der Waals surface area contributed by atoms with E-state index in [0.29, 0.717) is 18.9 Å². The average molecular weight is 270 g/mol. The highest BCUT2D eigenvalue weighted by molar-refractivity contribution is 6.04. The van der Waals surface area contributed by atoms with Crippen LogP contribution in [0.15, 0.2) is 29.8 Å². The number of nitrogens with one attached hydrogen (secondary N) is 1. The zero-order valence-electron chi connectivity index (χ0n) is 12.7. The summed E-state index contributed by atoms with van der Waals surface area (Å²) in [5, 5.41) is 12.0. The number of carbonyl (C=O) groups is 1. The lowest BCUT2D eigenvalue weighted by Crippen LogP contribution is -2.24. The van der Waals surface area contributed by atoms with E-state index in [2.05, 4.69) is 31.3 Å². The van der Waals surface area contributed by atoms with Crippen LogP contribution in [-0.4, -0.2) is 12.5 Å². The third-order valence-electron chi connectivity index (χ3n) is 3.26. The second-order valence-electron chi connectivity index (χ2n) is 4.96. The molecule has 1 rings (SSSR count). The maximum Gasteiger partial charge on any atom is 0.262 e. The van der Waals surface area contributed by atoms with Gasteiger partial charge in [0.2, 0.25) is 0 Å². The summed E-state index contributed by atoms with van der Waals surface area (Å²) in [5.74, 6) is 0.178. The second kappa shape index (κ2) is 7.49. The van der Waals surface area contributed by atoms with E-state index >= 15 is 0 Å². The predicted molar refractivity (Wildman–Crippen MR) is 82.0 cm³/mol. The lowest BCUT2D eigenvalue weighted by Gasteiger charge is -2.11. The Hall–Kier alpha value is -2.08. The summed E-state index contributed by atoms with van der Waals surface area (Å²) in [7, 11) is 0. The van der Waals surface area contributed by atoms with Crippen molar-refractivity contribution < 1.29 is 4.79 Å². The van der Waals surface area contributed by atoms with Gasteiger partial charge in [0.15, 0.2) is 0 Å². The molecule has 0 heterocycles. The van der Waals surface area contributed by atoms with Crippen molar-refractivity contribution >= 4 is 11.5 Å². The van der Waals surface area contributed by atoms with E-state index in [1.165, 1.54) is 5.56 Å². The van der Waals surface area contributed by atoms with Gasteiger partial charge in [0.25, 0.3) is 5.91 Å². The topological polar surface area (TPSA) is 52.9 Å². The first-order chi connectivity index (χ1) is 9.54. The molecular weight excluding hydrogens is 248 g/mol.